The van der Waals surface area contributed by atoms with Crippen LogP contribution in [-0.4, -0.2) is 36.4 Å². The van der Waals surface area contributed by atoms with Crippen LogP contribution in [0.1, 0.15) is 28.9 Å². The molecule has 1 N–H and O–H groups in total. The van der Waals surface area contributed by atoms with E-state index < -0.39 is 11.7 Å². The van der Waals surface area contributed by atoms with Crippen LogP contribution in [0.2, 0.25) is 0 Å². The normalized spacial score (nSPS) is 17.1. The van der Waals surface area contributed by atoms with Crippen molar-refractivity contribution in [3.63, 3.8) is 0 Å². The number of hydrogen-bond donors (Lipinski definition) is 1. The summed E-state index contributed by atoms with van der Waals surface area (Å²) < 4.78 is 19.4. The summed E-state index contributed by atoms with van der Waals surface area (Å²) in [7, 11) is 0. The topological polar surface area (TPSA) is 58.6 Å². The van der Waals surface area contributed by atoms with Crippen molar-refractivity contribution < 1.29 is 18.7 Å². The lowest BCUT2D eigenvalue weighted by atomic mass is 10.0. The summed E-state index contributed by atoms with van der Waals surface area (Å²) in [5.41, 5.74) is 1.03. The predicted molar refractivity (Wildman–Crippen MR) is 90.8 cm³/mol. The summed E-state index contributed by atoms with van der Waals surface area (Å²) in [6, 6.07) is 13.4. The van der Waals surface area contributed by atoms with Crippen LogP contribution in [0.5, 0.6) is 5.75 Å². The lowest BCUT2D eigenvalue weighted by molar-refractivity contribution is -0.124. The Morgan fingerprint density at radius 3 is 2.72 bits per heavy atom. The van der Waals surface area contributed by atoms with Crippen molar-refractivity contribution >= 4 is 11.8 Å². The smallest absolute Gasteiger partial charge is 0.258 e. The monoisotopic (exact) mass is 342 g/mol. The highest BCUT2D eigenvalue weighted by atomic mass is 19.1. The Kier molecular flexibility index (Phi) is 4.97. The Balaban J connectivity index is 1.98. The number of hydrogen-bond acceptors (Lipinski definition) is 3. The largest absolute Gasteiger partial charge is 0.490 e. The molecular weight excluding hydrogens is 323 g/mol. The number of carbonyl (C=O) groups is 2. The molecule has 2 amide bonds. The van der Waals surface area contributed by atoms with Crippen LogP contribution in [0.15, 0.2) is 48.5 Å². The molecule has 2 aromatic rings. The molecule has 5 nitrogen and oxygen atoms in total. The molecule has 1 heterocycles. The highest BCUT2D eigenvalue weighted by Crippen LogP contribution is 2.29. The third-order valence-corrected chi connectivity index (χ3v) is 4.11. The van der Waals surface area contributed by atoms with Crippen molar-refractivity contribution in [1.82, 2.24) is 10.2 Å². The molecule has 1 atom stereocenters. The van der Waals surface area contributed by atoms with Gasteiger partial charge in [-0.25, -0.2) is 4.39 Å². The van der Waals surface area contributed by atoms with E-state index in [0.29, 0.717) is 6.54 Å². The van der Waals surface area contributed by atoms with E-state index in [2.05, 4.69) is 5.32 Å². The highest BCUT2D eigenvalue weighted by Gasteiger charge is 2.33. The minimum Gasteiger partial charge on any atom is -0.490 e. The SMILES string of the molecule is CCOc1c(F)cccc1C(=O)N1CC(=O)NCC1c1ccccc1. The summed E-state index contributed by atoms with van der Waals surface area (Å²) in [5, 5.41) is 2.78. The van der Waals surface area contributed by atoms with E-state index in [-0.39, 0.29) is 36.4 Å². The number of nitrogens with zero attached hydrogens (tertiary/aromatic N) is 1. The van der Waals surface area contributed by atoms with Gasteiger partial charge in [0.05, 0.1) is 18.2 Å². The fourth-order valence-electron chi connectivity index (χ4n) is 2.95. The molecule has 0 aromatic heterocycles. The lowest BCUT2D eigenvalue weighted by Gasteiger charge is -2.36. The summed E-state index contributed by atoms with van der Waals surface area (Å²) in [5.74, 6) is -1.33. The lowest BCUT2D eigenvalue weighted by Crippen LogP contribution is -2.52. The van der Waals surface area contributed by atoms with Crippen molar-refractivity contribution in [2.45, 2.75) is 13.0 Å². The Labute approximate surface area is 145 Å². The summed E-state index contributed by atoms with van der Waals surface area (Å²) in [4.78, 5) is 26.4. The molecule has 0 aliphatic carbocycles. The minimum absolute atomic E-state index is 0.0761. The molecule has 0 bridgehead atoms. The second kappa shape index (κ2) is 7.34. The first-order valence-electron chi connectivity index (χ1n) is 8.15. The molecule has 6 heteroatoms. The maximum absolute atomic E-state index is 14.1. The van der Waals surface area contributed by atoms with E-state index in [1.165, 1.54) is 23.1 Å². The fourth-order valence-corrected chi connectivity index (χ4v) is 2.95. The van der Waals surface area contributed by atoms with Gasteiger partial charge in [0.1, 0.15) is 6.54 Å². The third-order valence-electron chi connectivity index (χ3n) is 4.11. The van der Waals surface area contributed by atoms with E-state index in [1.807, 2.05) is 30.3 Å². The number of carbonyl (C=O) groups excluding carboxylic acids is 2. The molecule has 1 aliphatic rings. The van der Waals surface area contributed by atoms with Gasteiger partial charge < -0.3 is 15.0 Å². The van der Waals surface area contributed by atoms with Crippen LogP contribution in [0.3, 0.4) is 0 Å². The molecule has 25 heavy (non-hydrogen) atoms. The number of para-hydroxylation sites is 1. The van der Waals surface area contributed by atoms with Crippen LogP contribution in [-0.2, 0) is 4.79 Å². The van der Waals surface area contributed by atoms with E-state index in [4.69, 9.17) is 4.74 Å². The Morgan fingerprint density at radius 2 is 2.00 bits per heavy atom. The van der Waals surface area contributed by atoms with Crippen LogP contribution < -0.4 is 10.1 Å². The van der Waals surface area contributed by atoms with Gasteiger partial charge >= 0.3 is 0 Å². The van der Waals surface area contributed by atoms with E-state index >= 15 is 0 Å². The minimum atomic E-state index is -0.592. The third kappa shape index (κ3) is 3.47. The Hall–Kier alpha value is -2.89. The standard InChI is InChI=1S/C19H19FN2O3/c1-2-25-18-14(9-6-10-15(18)20)19(24)22-12-17(23)21-11-16(22)13-7-4-3-5-8-13/h3-10,16H,2,11-12H2,1H3,(H,21,23). The van der Waals surface area contributed by atoms with Crippen LogP contribution >= 0.6 is 0 Å². The zero-order chi connectivity index (χ0) is 17.8. The average molecular weight is 342 g/mol. The number of halogens is 1. The van der Waals surface area contributed by atoms with Gasteiger partial charge in [0.15, 0.2) is 11.6 Å². The molecule has 0 saturated carbocycles. The average Bonchev–Trinajstić information content (AvgIpc) is 2.63. The second-order valence-corrected chi connectivity index (χ2v) is 5.71. The fraction of sp³-hybridized carbons (Fsp3) is 0.263. The number of rotatable bonds is 4. The molecule has 0 spiro atoms. The highest BCUT2D eigenvalue weighted by molar-refractivity contribution is 5.99. The van der Waals surface area contributed by atoms with Crippen LogP contribution in [0.25, 0.3) is 0 Å². The van der Waals surface area contributed by atoms with Gasteiger partial charge in [-0.1, -0.05) is 36.4 Å². The second-order valence-electron chi connectivity index (χ2n) is 5.71. The molecule has 2 aromatic carbocycles. The van der Waals surface area contributed by atoms with Crippen molar-refractivity contribution in [2.24, 2.45) is 0 Å². The predicted octanol–water partition coefficient (Wildman–Crippen LogP) is 2.54. The van der Waals surface area contributed by atoms with Gasteiger partial charge in [0, 0.05) is 6.54 Å². The van der Waals surface area contributed by atoms with Crippen LogP contribution in [0.4, 0.5) is 4.39 Å². The van der Waals surface area contributed by atoms with Gasteiger partial charge in [-0.05, 0) is 24.6 Å². The van der Waals surface area contributed by atoms with Gasteiger partial charge in [0.25, 0.3) is 5.91 Å². The molecule has 1 fully saturated rings. The van der Waals surface area contributed by atoms with Crippen LogP contribution in [0, 0.1) is 5.82 Å². The first-order chi connectivity index (χ1) is 12.1. The van der Waals surface area contributed by atoms with Gasteiger partial charge in [0.2, 0.25) is 5.91 Å². The first-order valence-corrected chi connectivity index (χ1v) is 8.15. The first kappa shape index (κ1) is 17.0. The quantitative estimate of drug-likeness (QED) is 0.929. The molecular formula is C19H19FN2O3. The summed E-state index contributed by atoms with van der Waals surface area (Å²) in [6.45, 7) is 2.19. The zero-order valence-electron chi connectivity index (χ0n) is 13.9. The Morgan fingerprint density at radius 1 is 1.24 bits per heavy atom. The van der Waals surface area contributed by atoms with Crippen molar-refractivity contribution in [1.29, 1.82) is 0 Å². The van der Waals surface area contributed by atoms with Crippen molar-refractivity contribution in [3.8, 4) is 5.75 Å². The summed E-state index contributed by atoms with van der Waals surface area (Å²) >= 11 is 0. The van der Waals surface area contributed by atoms with Gasteiger partial charge in [-0.2, -0.15) is 0 Å². The van der Waals surface area contributed by atoms with Crippen molar-refractivity contribution in [3.05, 3.63) is 65.5 Å². The number of ether oxygens (including phenoxy) is 1. The zero-order valence-corrected chi connectivity index (χ0v) is 13.9. The van der Waals surface area contributed by atoms with Gasteiger partial charge in [-0.3, -0.25) is 9.59 Å². The van der Waals surface area contributed by atoms with Gasteiger partial charge in [-0.15, -0.1) is 0 Å². The van der Waals surface area contributed by atoms with E-state index in [1.54, 1.807) is 6.92 Å². The number of piperazine rings is 1. The molecule has 130 valence electrons. The van der Waals surface area contributed by atoms with Crippen molar-refractivity contribution in [2.75, 3.05) is 19.7 Å². The number of benzene rings is 2. The van der Waals surface area contributed by atoms with E-state index in [0.717, 1.165) is 5.56 Å². The molecule has 3 rings (SSSR count). The molecule has 1 saturated heterocycles. The maximum Gasteiger partial charge on any atom is 0.258 e. The number of amides is 2. The maximum atomic E-state index is 14.1. The molecule has 1 aliphatic heterocycles. The molecule has 1 unspecified atom stereocenters. The number of nitrogens with one attached hydrogen (secondary N) is 1. The summed E-state index contributed by atoms with van der Waals surface area (Å²) in [6.07, 6.45) is 0. The Bertz CT molecular complexity index is 779. The van der Waals surface area contributed by atoms with E-state index in [9.17, 15) is 14.0 Å². The molecule has 0 radical (unpaired) electrons.